The summed E-state index contributed by atoms with van der Waals surface area (Å²) in [5.74, 6) is -1.27. The number of imide groups is 1. The summed E-state index contributed by atoms with van der Waals surface area (Å²) in [6.45, 7) is 3.51. The fraction of sp³-hybridized carbons (Fsp3) is 0.150. The van der Waals surface area contributed by atoms with Crippen LogP contribution in [0.25, 0.3) is 5.69 Å². The number of halogens is 1. The Morgan fingerprint density at radius 3 is 2.23 bits per heavy atom. The van der Waals surface area contributed by atoms with Crippen molar-refractivity contribution in [3.05, 3.63) is 83.2 Å². The Kier molecular flexibility index (Phi) is 3.68. The molecular weight excluding hydrogens is 333 g/mol. The highest BCUT2D eigenvalue weighted by Crippen LogP contribution is 2.32. The predicted molar refractivity (Wildman–Crippen MR) is 93.6 cm³/mol. The van der Waals surface area contributed by atoms with Crippen molar-refractivity contribution in [1.29, 1.82) is 0 Å². The first kappa shape index (κ1) is 16.2. The second-order valence-corrected chi connectivity index (χ2v) is 6.33. The molecule has 1 aromatic heterocycles. The molecule has 2 aromatic carbocycles. The number of hydrogen-bond acceptors (Lipinski definition) is 3. The average molecular weight is 349 g/mol. The Balaban J connectivity index is 1.68. The van der Waals surface area contributed by atoms with Crippen LogP contribution in [0.15, 0.2) is 55.0 Å². The van der Waals surface area contributed by atoms with Gasteiger partial charge in [-0.3, -0.25) is 14.5 Å². The van der Waals surface area contributed by atoms with Gasteiger partial charge in [0, 0.05) is 17.4 Å². The Morgan fingerprint density at radius 2 is 1.69 bits per heavy atom. The van der Waals surface area contributed by atoms with E-state index in [0.717, 1.165) is 10.6 Å². The summed E-state index contributed by atoms with van der Waals surface area (Å²) in [5.41, 5.74) is 2.46. The van der Waals surface area contributed by atoms with Crippen molar-refractivity contribution < 1.29 is 14.0 Å². The topological polar surface area (TPSA) is 55.2 Å². The number of benzene rings is 2. The van der Waals surface area contributed by atoms with E-state index in [-0.39, 0.29) is 0 Å². The molecule has 1 unspecified atom stereocenters. The molecule has 130 valence electrons. The Bertz CT molecular complexity index is 1010. The number of hydrogen-bond donors (Lipinski definition) is 0. The third-order valence-corrected chi connectivity index (χ3v) is 4.66. The lowest BCUT2D eigenvalue weighted by atomic mass is 10.1. The number of aryl methyl sites for hydroxylation is 1. The maximum absolute atomic E-state index is 14.7. The van der Waals surface area contributed by atoms with Gasteiger partial charge in [-0.15, -0.1) is 0 Å². The van der Waals surface area contributed by atoms with Gasteiger partial charge in [-0.1, -0.05) is 18.2 Å². The van der Waals surface area contributed by atoms with Crippen LogP contribution < -0.4 is 0 Å². The smallest absolute Gasteiger partial charge is 0.262 e. The summed E-state index contributed by atoms with van der Waals surface area (Å²) in [7, 11) is 0. The zero-order valence-corrected chi connectivity index (χ0v) is 14.3. The van der Waals surface area contributed by atoms with Gasteiger partial charge in [-0.25, -0.2) is 9.37 Å². The number of fused-ring (bicyclic) bond motifs is 1. The minimum absolute atomic E-state index is 0.292. The van der Waals surface area contributed by atoms with Gasteiger partial charge < -0.3 is 4.57 Å². The largest absolute Gasteiger partial charge is 0.306 e. The first-order valence-corrected chi connectivity index (χ1v) is 8.24. The van der Waals surface area contributed by atoms with Crippen molar-refractivity contribution in [2.75, 3.05) is 0 Å². The Hall–Kier alpha value is -3.28. The van der Waals surface area contributed by atoms with Crippen LogP contribution in [0.5, 0.6) is 0 Å². The molecule has 26 heavy (non-hydrogen) atoms. The maximum Gasteiger partial charge on any atom is 0.262 e. The quantitative estimate of drug-likeness (QED) is 0.678. The summed E-state index contributed by atoms with van der Waals surface area (Å²) in [5, 5.41) is 0. The maximum atomic E-state index is 14.7. The highest BCUT2D eigenvalue weighted by atomic mass is 19.1. The molecule has 0 saturated heterocycles. The van der Waals surface area contributed by atoms with Crippen molar-refractivity contribution >= 4 is 11.8 Å². The second kappa shape index (κ2) is 5.91. The molecule has 0 radical (unpaired) electrons. The summed E-state index contributed by atoms with van der Waals surface area (Å²) >= 11 is 0. The lowest BCUT2D eigenvalue weighted by Crippen LogP contribution is -2.33. The standard InChI is InChI=1S/C20H16FN3O2/c1-12-10-23(11-22-12)14-7-8-15(18(21)9-14)13(2)24-19(25)16-5-3-4-6-17(16)20(24)26/h3-11,13H,1-2H3. The normalized spacial score (nSPS) is 14.7. The fourth-order valence-corrected chi connectivity index (χ4v) is 3.28. The minimum atomic E-state index is -0.707. The SMILES string of the molecule is Cc1cn(-c2ccc(C(C)N3C(=O)c4ccccc4C3=O)c(F)c2)cn1. The zero-order valence-electron chi connectivity index (χ0n) is 14.3. The van der Waals surface area contributed by atoms with E-state index in [9.17, 15) is 14.0 Å². The van der Waals surface area contributed by atoms with Gasteiger partial charge in [0.05, 0.1) is 29.2 Å². The first-order chi connectivity index (χ1) is 12.5. The lowest BCUT2D eigenvalue weighted by molar-refractivity contribution is 0.0593. The summed E-state index contributed by atoms with van der Waals surface area (Å²) in [6, 6.07) is 10.7. The van der Waals surface area contributed by atoms with E-state index in [0.29, 0.717) is 22.4 Å². The molecule has 5 nitrogen and oxygen atoms in total. The minimum Gasteiger partial charge on any atom is -0.306 e. The number of rotatable bonds is 3. The molecule has 0 saturated carbocycles. The second-order valence-electron chi connectivity index (χ2n) is 6.33. The molecule has 6 heteroatoms. The predicted octanol–water partition coefficient (Wildman–Crippen LogP) is 3.68. The molecule has 4 rings (SSSR count). The monoisotopic (exact) mass is 349 g/mol. The molecule has 2 amide bonds. The zero-order chi connectivity index (χ0) is 18.4. The number of aromatic nitrogens is 2. The van der Waals surface area contributed by atoms with E-state index in [2.05, 4.69) is 4.98 Å². The Morgan fingerprint density at radius 1 is 1.04 bits per heavy atom. The highest BCUT2D eigenvalue weighted by molar-refractivity contribution is 6.21. The van der Waals surface area contributed by atoms with Crippen LogP contribution in [0.1, 0.15) is 44.9 Å². The van der Waals surface area contributed by atoms with Gasteiger partial charge >= 0.3 is 0 Å². The van der Waals surface area contributed by atoms with Crippen LogP contribution in [0.4, 0.5) is 4.39 Å². The number of imidazole rings is 1. The van der Waals surface area contributed by atoms with Crippen molar-refractivity contribution in [3.63, 3.8) is 0 Å². The molecule has 0 spiro atoms. The van der Waals surface area contributed by atoms with Crippen LogP contribution in [0.3, 0.4) is 0 Å². The molecule has 0 fully saturated rings. The van der Waals surface area contributed by atoms with Crippen LogP contribution in [0.2, 0.25) is 0 Å². The molecule has 1 aliphatic rings. The number of amides is 2. The molecule has 0 N–H and O–H groups in total. The van der Waals surface area contributed by atoms with Crippen LogP contribution >= 0.6 is 0 Å². The van der Waals surface area contributed by atoms with Gasteiger partial charge in [0.15, 0.2) is 0 Å². The average Bonchev–Trinajstić information content (AvgIpc) is 3.17. The van der Waals surface area contributed by atoms with Crippen LogP contribution in [-0.2, 0) is 0 Å². The molecule has 0 aliphatic carbocycles. The van der Waals surface area contributed by atoms with Crippen molar-refractivity contribution in [1.82, 2.24) is 14.5 Å². The van der Waals surface area contributed by atoms with Crippen LogP contribution in [0, 0.1) is 12.7 Å². The van der Waals surface area contributed by atoms with Gasteiger partial charge in [0.2, 0.25) is 0 Å². The summed E-state index contributed by atoms with van der Waals surface area (Å²) in [6.07, 6.45) is 3.40. The van der Waals surface area contributed by atoms with Gasteiger partial charge in [0.1, 0.15) is 5.82 Å². The molecule has 2 heterocycles. The van der Waals surface area contributed by atoms with Crippen molar-refractivity contribution in [2.45, 2.75) is 19.9 Å². The fourth-order valence-electron chi connectivity index (χ4n) is 3.28. The Labute approximate surface area is 149 Å². The molecule has 3 aromatic rings. The van der Waals surface area contributed by atoms with E-state index in [1.54, 1.807) is 60.4 Å². The van der Waals surface area contributed by atoms with E-state index in [4.69, 9.17) is 0 Å². The molecule has 0 bridgehead atoms. The van der Waals surface area contributed by atoms with Crippen LogP contribution in [-0.4, -0.2) is 26.3 Å². The van der Waals surface area contributed by atoms with Gasteiger partial charge in [0.25, 0.3) is 11.8 Å². The van der Waals surface area contributed by atoms with Crippen molar-refractivity contribution in [2.24, 2.45) is 0 Å². The van der Waals surface area contributed by atoms with E-state index in [1.807, 2.05) is 6.92 Å². The lowest BCUT2D eigenvalue weighted by Gasteiger charge is -2.23. The van der Waals surface area contributed by atoms with E-state index >= 15 is 0 Å². The molecule has 1 aliphatic heterocycles. The third-order valence-electron chi connectivity index (χ3n) is 4.66. The summed E-state index contributed by atoms with van der Waals surface area (Å²) < 4.78 is 16.5. The number of nitrogens with zero attached hydrogens (tertiary/aromatic N) is 3. The molecular formula is C20H16FN3O2. The number of carbonyl (C=O) groups is 2. The summed E-state index contributed by atoms with van der Waals surface area (Å²) in [4.78, 5) is 30.4. The van der Waals surface area contributed by atoms with Crippen molar-refractivity contribution in [3.8, 4) is 5.69 Å². The third kappa shape index (κ3) is 2.42. The van der Waals surface area contributed by atoms with Gasteiger partial charge in [-0.05, 0) is 38.1 Å². The van der Waals surface area contributed by atoms with Gasteiger partial charge in [-0.2, -0.15) is 0 Å². The van der Waals surface area contributed by atoms with E-state index in [1.165, 1.54) is 6.07 Å². The number of carbonyl (C=O) groups excluding carboxylic acids is 2. The van der Waals surface area contributed by atoms with E-state index < -0.39 is 23.7 Å². The first-order valence-electron chi connectivity index (χ1n) is 8.24. The highest BCUT2D eigenvalue weighted by Gasteiger charge is 2.39. The molecule has 1 atom stereocenters.